The normalized spacial score (nSPS) is 15.9. The average Bonchev–Trinajstić information content (AvgIpc) is 3.48. The zero-order chi connectivity index (χ0) is 27.2. The van der Waals surface area contributed by atoms with E-state index in [1.54, 1.807) is 0 Å². The minimum atomic E-state index is -4.12. The predicted molar refractivity (Wildman–Crippen MR) is 145 cm³/mol. The lowest BCUT2D eigenvalue weighted by Crippen LogP contribution is -2.33. The van der Waals surface area contributed by atoms with Gasteiger partial charge in [0, 0.05) is 30.7 Å². The fraction of sp³-hybridized carbons (Fsp3) is 0.261. The molecule has 38 heavy (non-hydrogen) atoms. The Hall–Kier alpha value is -3.04. The summed E-state index contributed by atoms with van der Waals surface area (Å²) in [6, 6.07) is 9.64. The van der Waals surface area contributed by atoms with Crippen LogP contribution in [0, 0.1) is 0 Å². The molecule has 1 N–H and O–H groups in total. The molecule has 2 aromatic heterocycles. The van der Waals surface area contributed by atoms with Crippen molar-refractivity contribution >= 4 is 65.0 Å². The van der Waals surface area contributed by atoms with Gasteiger partial charge in [0.15, 0.2) is 5.58 Å². The number of halogens is 1. The average molecular weight is 596 g/mol. The molecule has 0 aliphatic carbocycles. The molecular weight excluding hydrogens is 574 g/mol. The Morgan fingerprint density at radius 1 is 1.18 bits per heavy atom. The topological polar surface area (TPSA) is 144 Å². The van der Waals surface area contributed by atoms with Gasteiger partial charge in [-0.1, -0.05) is 41.9 Å². The van der Waals surface area contributed by atoms with Crippen LogP contribution in [0.3, 0.4) is 0 Å². The summed E-state index contributed by atoms with van der Waals surface area (Å²) in [6.07, 6.45) is 4.81. The van der Waals surface area contributed by atoms with E-state index in [2.05, 4.69) is 14.1 Å². The largest absolute Gasteiger partial charge is 0.420 e. The van der Waals surface area contributed by atoms with Crippen molar-refractivity contribution in [2.75, 3.05) is 24.1 Å². The minimum absolute atomic E-state index is 0.0575. The summed E-state index contributed by atoms with van der Waals surface area (Å²) in [4.78, 5) is 16.6. The Bertz CT molecular complexity index is 1830. The van der Waals surface area contributed by atoms with Crippen LogP contribution in [0.15, 0.2) is 62.9 Å². The van der Waals surface area contributed by atoms with Gasteiger partial charge in [0.2, 0.25) is 15.2 Å². The maximum absolute atomic E-state index is 13.0. The molecule has 5 rings (SSSR count). The second-order valence-electron chi connectivity index (χ2n) is 8.70. The van der Waals surface area contributed by atoms with Crippen molar-refractivity contribution in [1.29, 1.82) is 0 Å². The summed E-state index contributed by atoms with van der Waals surface area (Å²) in [5.74, 6) is -0.675. The third-order valence-electron chi connectivity index (χ3n) is 6.32. The van der Waals surface area contributed by atoms with Crippen LogP contribution in [0.2, 0.25) is 5.02 Å². The number of oxazole rings is 1. The van der Waals surface area contributed by atoms with Crippen LogP contribution < -0.4 is 10.5 Å². The lowest BCUT2D eigenvalue weighted by Gasteiger charge is -2.26. The van der Waals surface area contributed by atoms with E-state index in [4.69, 9.17) is 16.0 Å². The van der Waals surface area contributed by atoms with E-state index in [0.29, 0.717) is 18.5 Å². The molecule has 2 aromatic carbocycles. The lowest BCUT2D eigenvalue weighted by molar-refractivity contribution is 0.445. The highest BCUT2D eigenvalue weighted by Gasteiger charge is 2.27. The Morgan fingerprint density at radius 2 is 1.95 bits per heavy atom. The van der Waals surface area contributed by atoms with E-state index in [1.807, 2.05) is 37.3 Å². The molecule has 0 amide bonds. The van der Waals surface area contributed by atoms with E-state index < -0.39 is 31.8 Å². The van der Waals surface area contributed by atoms with Crippen molar-refractivity contribution in [3.63, 3.8) is 0 Å². The van der Waals surface area contributed by atoms with Crippen molar-refractivity contribution in [3.05, 3.63) is 75.5 Å². The van der Waals surface area contributed by atoms with E-state index in [-0.39, 0.29) is 27.2 Å². The number of sulfonamides is 2. The molecule has 200 valence electrons. The first-order valence-corrected chi connectivity index (χ1v) is 15.8. The number of fused-ring (bicyclic) bond motifs is 1. The molecule has 0 fully saturated rings. The van der Waals surface area contributed by atoms with Crippen LogP contribution in [0.5, 0.6) is 0 Å². The summed E-state index contributed by atoms with van der Waals surface area (Å²) in [5, 5.41) is -0.0255. The van der Waals surface area contributed by atoms with Gasteiger partial charge in [0.1, 0.15) is 11.2 Å². The van der Waals surface area contributed by atoms with Crippen molar-refractivity contribution < 1.29 is 21.3 Å². The molecule has 15 heteroatoms. The van der Waals surface area contributed by atoms with Gasteiger partial charge in [-0.2, -0.15) is 8.68 Å². The quantitative estimate of drug-likeness (QED) is 0.341. The molecule has 0 saturated carbocycles. The van der Waals surface area contributed by atoms with Gasteiger partial charge in [-0.05, 0) is 36.1 Å². The number of rotatable bonds is 7. The zero-order valence-electron chi connectivity index (χ0n) is 20.2. The Labute approximate surface area is 227 Å². The van der Waals surface area contributed by atoms with Gasteiger partial charge in [-0.15, -0.1) is 0 Å². The van der Waals surface area contributed by atoms with E-state index in [9.17, 15) is 21.6 Å². The first-order chi connectivity index (χ1) is 18.0. The van der Waals surface area contributed by atoms with E-state index in [0.717, 1.165) is 28.2 Å². The summed E-state index contributed by atoms with van der Waals surface area (Å²) in [6.45, 7) is 2.46. The SMILES string of the molecule is CC(c1ccccc1C1=CCN(S(C)(=O)=O)CC1)n1c(=O)oc2cc(S(=O)(=O)Nc3ncns3)c(Cl)cc21. The Kier molecular flexibility index (Phi) is 6.94. The number of hydrogen-bond donors (Lipinski definition) is 1. The molecule has 4 aromatic rings. The van der Waals surface area contributed by atoms with Crippen LogP contribution >= 0.6 is 23.1 Å². The number of benzene rings is 2. The van der Waals surface area contributed by atoms with Crippen LogP contribution in [0.25, 0.3) is 16.7 Å². The number of aromatic nitrogens is 3. The first kappa shape index (κ1) is 26.6. The van der Waals surface area contributed by atoms with Crippen LogP contribution in [0.1, 0.15) is 30.5 Å². The molecule has 1 aliphatic heterocycles. The molecule has 0 saturated heterocycles. The van der Waals surface area contributed by atoms with Crippen molar-refractivity contribution in [2.24, 2.45) is 0 Å². The van der Waals surface area contributed by atoms with Gasteiger partial charge >= 0.3 is 5.76 Å². The fourth-order valence-corrected chi connectivity index (χ4v) is 7.45. The maximum atomic E-state index is 13.0. The highest BCUT2D eigenvalue weighted by molar-refractivity contribution is 7.93. The summed E-state index contributed by atoms with van der Waals surface area (Å²) >= 11 is 7.26. The zero-order valence-corrected chi connectivity index (χ0v) is 23.4. The molecule has 0 spiro atoms. The molecular formula is C23H22ClN5O6S3. The number of nitrogens with one attached hydrogen (secondary N) is 1. The second kappa shape index (κ2) is 9.93. The lowest BCUT2D eigenvalue weighted by atomic mass is 9.92. The maximum Gasteiger partial charge on any atom is 0.420 e. The smallest absolute Gasteiger partial charge is 0.408 e. The fourth-order valence-electron chi connectivity index (χ4n) is 4.49. The van der Waals surface area contributed by atoms with Gasteiger partial charge in [0.05, 0.1) is 22.8 Å². The summed E-state index contributed by atoms with van der Waals surface area (Å²) in [7, 11) is -7.41. The van der Waals surface area contributed by atoms with Gasteiger partial charge < -0.3 is 4.42 Å². The third-order valence-corrected chi connectivity index (χ3v) is 10.1. The van der Waals surface area contributed by atoms with Crippen molar-refractivity contribution in [3.8, 4) is 0 Å². The third kappa shape index (κ3) is 5.01. The molecule has 1 aliphatic rings. The number of anilines is 1. The van der Waals surface area contributed by atoms with E-state index >= 15 is 0 Å². The standard InChI is InChI=1S/C23H22ClN5O6S3/c1-14(16-5-3-4-6-17(16)15-7-9-28(10-8-15)37(2,31)32)29-19-11-18(24)21(12-20(19)35-23(29)30)38(33,34)27-22-25-13-26-36-22/h3-7,11-14H,8-10H2,1-2H3,(H,25,26,27). The number of hydrogen-bond acceptors (Lipinski definition) is 9. The van der Waals surface area contributed by atoms with Crippen molar-refractivity contribution in [2.45, 2.75) is 24.3 Å². The molecule has 0 radical (unpaired) electrons. The summed E-state index contributed by atoms with van der Waals surface area (Å²) in [5.41, 5.74) is 3.07. The Balaban J connectivity index is 1.54. The van der Waals surface area contributed by atoms with E-state index in [1.165, 1.54) is 33.6 Å². The van der Waals surface area contributed by atoms with Crippen LogP contribution in [-0.2, 0) is 20.0 Å². The molecule has 1 atom stereocenters. The molecule has 3 heterocycles. The number of nitrogens with zero attached hydrogens (tertiary/aromatic N) is 4. The van der Waals surface area contributed by atoms with Crippen LogP contribution in [0.4, 0.5) is 5.13 Å². The monoisotopic (exact) mass is 595 g/mol. The van der Waals surface area contributed by atoms with Crippen LogP contribution in [-0.4, -0.2) is 54.4 Å². The summed E-state index contributed by atoms with van der Waals surface area (Å²) < 4.78 is 63.9. The second-order valence-corrected chi connectivity index (χ2v) is 13.5. The van der Waals surface area contributed by atoms with Gasteiger partial charge in [0.25, 0.3) is 10.0 Å². The molecule has 11 nitrogen and oxygen atoms in total. The molecule has 1 unspecified atom stereocenters. The molecule has 0 bridgehead atoms. The highest BCUT2D eigenvalue weighted by atomic mass is 35.5. The minimum Gasteiger partial charge on any atom is -0.408 e. The van der Waals surface area contributed by atoms with Crippen molar-refractivity contribution in [1.82, 2.24) is 18.2 Å². The first-order valence-electron chi connectivity index (χ1n) is 11.3. The Morgan fingerprint density at radius 3 is 2.61 bits per heavy atom. The van der Waals surface area contributed by atoms with Gasteiger partial charge in [-0.25, -0.2) is 26.6 Å². The predicted octanol–water partition coefficient (Wildman–Crippen LogP) is 3.56. The highest BCUT2D eigenvalue weighted by Crippen LogP contribution is 2.34. The van der Waals surface area contributed by atoms with Gasteiger partial charge in [-0.3, -0.25) is 9.29 Å².